The molecule has 0 N–H and O–H groups in total. The largest absolute Gasteiger partial charge is 0.0868 e. The van der Waals surface area contributed by atoms with Crippen molar-refractivity contribution in [1.82, 2.24) is 0 Å². The van der Waals surface area contributed by atoms with E-state index in [1.54, 1.807) is 0 Å². The quantitative estimate of drug-likeness (QED) is 0.241. The fourth-order valence-electron chi connectivity index (χ4n) is 4.19. The molecule has 1 saturated carbocycles. The van der Waals surface area contributed by atoms with E-state index in [4.69, 9.17) is 92.8 Å². The maximum Gasteiger partial charge on any atom is 0.0800 e. The van der Waals surface area contributed by atoms with E-state index >= 15 is 0 Å². The molecule has 0 amide bonds. The molecule has 0 spiro atoms. The summed E-state index contributed by atoms with van der Waals surface area (Å²) in [5.74, 6) is -0.0831. The molecule has 1 aromatic rings. The molecule has 0 radical (unpaired) electrons. The van der Waals surface area contributed by atoms with Gasteiger partial charge in [0.2, 0.25) is 0 Å². The van der Waals surface area contributed by atoms with Crippen LogP contribution in [-0.4, -0.2) is 0 Å². The highest BCUT2D eigenvalue weighted by molar-refractivity contribution is 6.60. The van der Waals surface area contributed by atoms with Gasteiger partial charge in [0, 0.05) is 22.1 Å². The van der Waals surface area contributed by atoms with Crippen LogP contribution in [0.15, 0.2) is 20.7 Å². The third kappa shape index (κ3) is 2.71. The van der Waals surface area contributed by atoms with Crippen LogP contribution in [0.1, 0.15) is 36.8 Å². The van der Waals surface area contributed by atoms with E-state index in [2.05, 4.69) is 0 Å². The SMILES string of the molecule is ClC1=C2CCCCC2C2C(Cl)=C(Cl)c3c(Cl)c(Cl)c(Cl)c(Cl)c3C2=C1Cl. The summed E-state index contributed by atoms with van der Waals surface area (Å²) in [5.41, 5.74) is 2.87. The van der Waals surface area contributed by atoms with E-state index < -0.39 is 0 Å². The van der Waals surface area contributed by atoms with Crippen LogP contribution >= 0.6 is 92.8 Å². The minimum absolute atomic E-state index is 0.130. The molecule has 2 atom stereocenters. The summed E-state index contributed by atoms with van der Waals surface area (Å²) in [5, 5.41) is 2.53. The standard InChI is InChI=1S/C18H10Cl8/c19-11-6-4-2-1-3-5(6)7-8(13(11)21)9-10(15(23)12(7)20)16(24)18(26)17(25)14(9)22/h5,7H,1-4H2. The van der Waals surface area contributed by atoms with E-state index in [1.165, 1.54) is 0 Å². The molecule has 0 heterocycles. The van der Waals surface area contributed by atoms with Gasteiger partial charge in [-0.05, 0) is 36.3 Å². The first-order chi connectivity index (χ1) is 12.3. The number of halogens is 8. The summed E-state index contributed by atoms with van der Waals surface area (Å²) in [7, 11) is 0. The molecule has 26 heavy (non-hydrogen) atoms. The average molecular weight is 510 g/mol. The van der Waals surface area contributed by atoms with Crippen LogP contribution in [-0.2, 0) is 0 Å². The first-order valence-electron chi connectivity index (χ1n) is 7.97. The number of fused-ring (bicyclic) bond motifs is 5. The molecule has 0 bridgehead atoms. The minimum atomic E-state index is -0.215. The smallest absolute Gasteiger partial charge is 0.0800 e. The van der Waals surface area contributed by atoms with Gasteiger partial charge in [0.25, 0.3) is 0 Å². The Kier molecular flexibility index (Phi) is 5.57. The van der Waals surface area contributed by atoms with Crippen LogP contribution < -0.4 is 0 Å². The Labute approximate surface area is 191 Å². The van der Waals surface area contributed by atoms with Gasteiger partial charge in [-0.15, -0.1) is 0 Å². The Morgan fingerprint density at radius 2 is 1.23 bits per heavy atom. The molecule has 1 fully saturated rings. The lowest BCUT2D eigenvalue weighted by Gasteiger charge is -2.42. The molecule has 138 valence electrons. The normalized spacial score (nSPS) is 25.4. The zero-order valence-corrected chi connectivity index (χ0v) is 19.1. The Bertz CT molecular complexity index is 937. The molecule has 2 unspecified atom stereocenters. The molecule has 4 rings (SSSR count). The summed E-state index contributed by atoms with van der Waals surface area (Å²) >= 11 is 52.2. The molecule has 3 aliphatic rings. The zero-order valence-electron chi connectivity index (χ0n) is 13.0. The average Bonchev–Trinajstić information content (AvgIpc) is 2.64. The zero-order chi connectivity index (χ0) is 18.9. The van der Waals surface area contributed by atoms with Gasteiger partial charge in [-0.2, -0.15) is 0 Å². The molecular weight excluding hydrogens is 500 g/mol. The van der Waals surface area contributed by atoms with Crippen molar-refractivity contribution in [3.8, 4) is 0 Å². The summed E-state index contributed by atoms with van der Waals surface area (Å²) in [6.07, 6.45) is 4.01. The van der Waals surface area contributed by atoms with E-state index in [0.717, 1.165) is 36.8 Å². The van der Waals surface area contributed by atoms with E-state index in [0.29, 0.717) is 31.3 Å². The summed E-state index contributed by atoms with van der Waals surface area (Å²) in [4.78, 5) is 0. The van der Waals surface area contributed by atoms with Crippen LogP contribution in [0.3, 0.4) is 0 Å². The Hall–Kier alpha value is 0.760. The van der Waals surface area contributed by atoms with Gasteiger partial charge < -0.3 is 0 Å². The fourth-order valence-corrected chi connectivity index (χ4v) is 6.62. The molecule has 0 saturated heterocycles. The lowest BCUT2D eigenvalue weighted by Crippen LogP contribution is -2.29. The molecule has 0 aliphatic heterocycles. The Balaban J connectivity index is 2.14. The third-order valence-corrected chi connectivity index (χ3v) is 8.96. The highest BCUT2D eigenvalue weighted by atomic mass is 35.5. The second kappa shape index (κ2) is 7.22. The summed E-state index contributed by atoms with van der Waals surface area (Å²) in [6, 6.07) is 0. The minimum Gasteiger partial charge on any atom is -0.0868 e. The Morgan fingerprint density at radius 3 is 1.88 bits per heavy atom. The monoisotopic (exact) mass is 506 g/mol. The first-order valence-corrected chi connectivity index (χ1v) is 11.0. The van der Waals surface area contributed by atoms with Crippen LogP contribution in [0.2, 0.25) is 20.1 Å². The molecule has 8 heteroatoms. The van der Waals surface area contributed by atoms with Crippen molar-refractivity contribution in [2.45, 2.75) is 25.7 Å². The van der Waals surface area contributed by atoms with Crippen LogP contribution in [0, 0.1) is 11.8 Å². The molecule has 3 aliphatic carbocycles. The predicted molar refractivity (Wildman–Crippen MR) is 116 cm³/mol. The number of allylic oxidation sites excluding steroid dienone is 5. The number of benzene rings is 1. The van der Waals surface area contributed by atoms with Gasteiger partial charge >= 0.3 is 0 Å². The maximum atomic E-state index is 6.73. The third-order valence-electron chi connectivity index (χ3n) is 5.32. The molecular formula is C18H10Cl8. The predicted octanol–water partition coefficient (Wildman–Crippen LogP) is 9.72. The Morgan fingerprint density at radius 1 is 0.615 bits per heavy atom. The van der Waals surface area contributed by atoms with Crippen molar-refractivity contribution in [3.63, 3.8) is 0 Å². The van der Waals surface area contributed by atoms with Crippen molar-refractivity contribution in [2.24, 2.45) is 11.8 Å². The van der Waals surface area contributed by atoms with Gasteiger partial charge in [-0.1, -0.05) is 99.2 Å². The van der Waals surface area contributed by atoms with Crippen LogP contribution in [0.25, 0.3) is 10.6 Å². The molecule has 1 aromatic carbocycles. The van der Waals surface area contributed by atoms with Gasteiger partial charge in [0.15, 0.2) is 0 Å². The van der Waals surface area contributed by atoms with E-state index in [-0.39, 0.29) is 31.9 Å². The molecule has 0 aromatic heterocycles. The van der Waals surface area contributed by atoms with Gasteiger partial charge in [0.1, 0.15) is 0 Å². The summed E-state index contributed by atoms with van der Waals surface area (Å²) < 4.78 is 0. The van der Waals surface area contributed by atoms with Crippen molar-refractivity contribution >= 4 is 103 Å². The maximum absolute atomic E-state index is 6.73. The highest BCUT2D eigenvalue weighted by Crippen LogP contribution is 2.62. The van der Waals surface area contributed by atoms with Crippen LogP contribution in [0.4, 0.5) is 0 Å². The number of rotatable bonds is 0. The highest BCUT2D eigenvalue weighted by Gasteiger charge is 2.45. The lowest BCUT2D eigenvalue weighted by molar-refractivity contribution is 0.403. The number of hydrogen-bond donors (Lipinski definition) is 0. The van der Waals surface area contributed by atoms with Gasteiger partial charge in [0.05, 0.1) is 35.2 Å². The first kappa shape index (κ1) is 20.0. The summed E-state index contributed by atoms with van der Waals surface area (Å²) in [6.45, 7) is 0. The number of hydrogen-bond acceptors (Lipinski definition) is 0. The van der Waals surface area contributed by atoms with Gasteiger partial charge in [-0.25, -0.2) is 0 Å². The van der Waals surface area contributed by atoms with E-state index in [9.17, 15) is 0 Å². The second-order valence-corrected chi connectivity index (χ2v) is 9.62. The lowest BCUT2D eigenvalue weighted by atomic mass is 9.66. The second-order valence-electron chi connectivity index (χ2n) is 6.56. The van der Waals surface area contributed by atoms with Crippen molar-refractivity contribution < 1.29 is 0 Å². The van der Waals surface area contributed by atoms with Crippen molar-refractivity contribution in [1.29, 1.82) is 0 Å². The molecule has 0 nitrogen and oxygen atoms in total. The van der Waals surface area contributed by atoms with Crippen LogP contribution in [0.5, 0.6) is 0 Å². The van der Waals surface area contributed by atoms with E-state index in [1.807, 2.05) is 0 Å². The van der Waals surface area contributed by atoms with Gasteiger partial charge in [-0.3, -0.25) is 0 Å². The topological polar surface area (TPSA) is 0 Å². The fraction of sp³-hybridized carbons (Fsp3) is 0.333. The van der Waals surface area contributed by atoms with Crippen molar-refractivity contribution in [2.75, 3.05) is 0 Å². The van der Waals surface area contributed by atoms with Crippen molar-refractivity contribution in [3.05, 3.63) is 51.9 Å².